The van der Waals surface area contributed by atoms with Crippen LogP contribution in [0, 0.1) is 5.92 Å². The van der Waals surface area contributed by atoms with Crippen LogP contribution in [0.3, 0.4) is 0 Å². The van der Waals surface area contributed by atoms with Crippen LogP contribution in [0.1, 0.15) is 33.1 Å². The van der Waals surface area contributed by atoms with E-state index in [1.165, 1.54) is 0 Å². The summed E-state index contributed by atoms with van der Waals surface area (Å²) in [6, 6.07) is 0. The van der Waals surface area contributed by atoms with Crippen LogP contribution >= 0.6 is 0 Å². The molecule has 0 spiro atoms. The first-order chi connectivity index (χ1) is 8.98. The molecule has 0 N–H and O–H groups in total. The summed E-state index contributed by atoms with van der Waals surface area (Å²) < 4.78 is 28.4. The van der Waals surface area contributed by atoms with Gasteiger partial charge in [0.05, 0.1) is 18.3 Å². The van der Waals surface area contributed by atoms with Crippen LogP contribution in [0.25, 0.3) is 0 Å². The molecule has 0 bridgehead atoms. The molecule has 0 amide bonds. The van der Waals surface area contributed by atoms with Crippen LogP contribution < -0.4 is 0 Å². The van der Waals surface area contributed by atoms with E-state index in [9.17, 15) is 13.2 Å². The van der Waals surface area contributed by atoms with E-state index in [4.69, 9.17) is 4.74 Å². The van der Waals surface area contributed by atoms with Crippen molar-refractivity contribution in [3.8, 4) is 0 Å². The van der Waals surface area contributed by atoms with E-state index in [-0.39, 0.29) is 23.4 Å². The van der Waals surface area contributed by atoms with Crippen molar-refractivity contribution in [1.82, 2.24) is 4.90 Å². The van der Waals surface area contributed by atoms with Crippen molar-refractivity contribution in [3.63, 3.8) is 0 Å². The molecular formula is C13H25NO4S. The van der Waals surface area contributed by atoms with Gasteiger partial charge in [-0.05, 0) is 32.7 Å². The average molecular weight is 291 g/mol. The van der Waals surface area contributed by atoms with E-state index < -0.39 is 9.84 Å². The summed E-state index contributed by atoms with van der Waals surface area (Å²) in [5, 5.41) is 0. The molecule has 19 heavy (non-hydrogen) atoms. The Hall–Kier alpha value is -0.620. The van der Waals surface area contributed by atoms with E-state index >= 15 is 0 Å². The number of nitrogens with zero attached hydrogens (tertiary/aromatic N) is 1. The van der Waals surface area contributed by atoms with Gasteiger partial charge in [-0.25, -0.2) is 8.42 Å². The molecule has 1 aliphatic heterocycles. The standard InChI is InChI=1S/C13H25NO4S/c1-3-9-19(16,17)10-8-14-7-5-6-12(11-14)13(15)18-4-2/h12H,3-11H2,1-2H3/t12-/m0/s1. The lowest BCUT2D eigenvalue weighted by atomic mass is 9.98. The van der Waals surface area contributed by atoms with Crippen molar-refractivity contribution >= 4 is 15.8 Å². The minimum Gasteiger partial charge on any atom is -0.466 e. The van der Waals surface area contributed by atoms with Crippen LogP contribution in [-0.4, -0.2) is 57.0 Å². The van der Waals surface area contributed by atoms with Gasteiger partial charge in [-0.2, -0.15) is 0 Å². The predicted octanol–water partition coefficient (Wildman–Crippen LogP) is 1.09. The SMILES string of the molecule is CCCS(=O)(=O)CCN1CCC[C@H](C(=O)OCC)C1. The Morgan fingerprint density at radius 2 is 2.05 bits per heavy atom. The summed E-state index contributed by atoms with van der Waals surface area (Å²) in [6.45, 7) is 6.10. The summed E-state index contributed by atoms with van der Waals surface area (Å²) in [5.41, 5.74) is 0. The number of likely N-dealkylation sites (tertiary alicyclic amines) is 1. The number of carbonyl (C=O) groups excluding carboxylic acids is 1. The molecule has 1 saturated heterocycles. The van der Waals surface area contributed by atoms with Crippen LogP contribution in [0.5, 0.6) is 0 Å². The first-order valence-electron chi connectivity index (χ1n) is 7.08. The summed E-state index contributed by atoms with van der Waals surface area (Å²) in [4.78, 5) is 13.7. The van der Waals surface area contributed by atoms with Crippen molar-refractivity contribution in [2.45, 2.75) is 33.1 Å². The highest BCUT2D eigenvalue weighted by molar-refractivity contribution is 7.91. The molecule has 1 aliphatic rings. The number of piperidine rings is 1. The first kappa shape index (κ1) is 16.4. The number of esters is 1. The van der Waals surface area contributed by atoms with Crippen LogP contribution in [-0.2, 0) is 19.4 Å². The minimum atomic E-state index is -2.94. The Morgan fingerprint density at radius 1 is 1.32 bits per heavy atom. The van der Waals surface area contributed by atoms with E-state index in [0.29, 0.717) is 26.1 Å². The summed E-state index contributed by atoms with van der Waals surface area (Å²) in [7, 11) is -2.94. The Kier molecular flexibility index (Phi) is 6.79. The number of carbonyl (C=O) groups is 1. The first-order valence-corrected chi connectivity index (χ1v) is 8.90. The third-order valence-corrected chi connectivity index (χ3v) is 5.19. The maximum absolute atomic E-state index is 11.7. The number of hydrogen-bond acceptors (Lipinski definition) is 5. The zero-order chi connectivity index (χ0) is 14.3. The van der Waals surface area contributed by atoms with Gasteiger partial charge in [-0.1, -0.05) is 6.92 Å². The van der Waals surface area contributed by atoms with Crippen LogP contribution in [0.2, 0.25) is 0 Å². The molecule has 1 atom stereocenters. The molecular weight excluding hydrogens is 266 g/mol. The van der Waals surface area contributed by atoms with Gasteiger partial charge in [0.2, 0.25) is 0 Å². The smallest absolute Gasteiger partial charge is 0.310 e. The number of ether oxygens (including phenoxy) is 1. The Bertz CT molecular complexity index is 380. The fourth-order valence-electron chi connectivity index (χ4n) is 2.39. The second kappa shape index (κ2) is 7.85. The van der Waals surface area contributed by atoms with Gasteiger partial charge in [0, 0.05) is 18.8 Å². The third kappa shape index (κ3) is 5.91. The van der Waals surface area contributed by atoms with E-state index in [2.05, 4.69) is 4.90 Å². The Balaban J connectivity index is 2.41. The van der Waals surface area contributed by atoms with Crippen molar-refractivity contribution in [2.24, 2.45) is 5.92 Å². The largest absolute Gasteiger partial charge is 0.466 e. The second-order valence-corrected chi connectivity index (χ2v) is 7.35. The van der Waals surface area contributed by atoms with Crippen LogP contribution in [0.15, 0.2) is 0 Å². The lowest BCUT2D eigenvalue weighted by Gasteiger charge is -2.31. The highest BCUT2D eigenvalue weighted by Crippen LogP contribution is 2.17. The molecule has 0 saturated carbocycles. The van der Waals surface area contributed by atoms with Crippen molar-refractivity contribution in [3.05, 3.63) is 0 Å². The molecule has 0 unspecified atom stereocenters. The van der Waals surface area contributed by atoms with Gasteiger partial charge in [0.1, 0.15) is 0 Å². The minimum absolute atomic E-state index is 0.0948. The zero-order valence-corrected chi connectivity index (χ0v) is 12.7. The molecule has 0 aromatic carbocycles. The predicted molar refractivity (Wildman–Crippen MR) is 74.7 cm³/mol. The summed E-state index contributed by atoms with van der Waals surface area (Å²) >= 11 is 0. The molecule has 1 fully saturated rings. The summed E-state index contributed by atoms with van der Waals surface area (Å²) in [5.74, 6) is 0.199. The van der Waals surface area contributed by atoms with Gasteiger partial charge in [-0.3, -0.25) is 4.79 Å². The number of rotatable bonds is 7. The fraction of sp³-hybridized carbons (Fsp3) is 0.923. The number of hydrogen-bond donors (Lipinski definition) is 0. The highest BCUT2D eigenvalue weighted by atomic mass is 32.2. The van der Waals surface area contributed by atoms with Gasteiger partial charge < -0.3 is 9.64 Å². The lowest BCUT2D eigenvalue weighted by molar-refractivity contribution is -0.149. The molecule has 0 aliphatic carbocycles. The maximum Gasteiger partial charge on any atom is 0.310 e. The van der Waals surface area contributed by atoms with E-state index in [1.54, 1.807) is 6.92 Å². The molecule has 112 valence electrons. The molecule has 0 radical (unpaired) electrons. The maximum atomic E-state index is 11.7. The van der Waals surface area contributed by atoms with E-state index in [0.717, 1.165) is 19.4 Å². The monoisotopic (exact) mass is 291 g/mol. The van der Waals surface area contributed by atoms with Gasteiger partial charge in [-0.15, -0.1) is 0 Å². The molecule has 0 aromatic heterocycles. The lowest BCUT2D eigenvalue weighted by Crippen LogP contribution is -2.41. The molecule has 6 heteroatoms. The van der Waals surface area contributed by atoms with Gasteiger partial charge in [0.15, 0.2) is 9.84 Å². The van der Waals surface area contributed by atoms with Gasteiger partial charge in [0.25, 0.3) is 0 Å². The molecule has 1 heterocycles. The number of sulfone groups is 1. The van der Waals surface area contributed by atoms with Crippen molar-refractivity contribution in [2.75, 3.05) is 37.7 Å². The topological polar surface area (TPSA) is 63.7 Å². The summed E-state index contributed by atoms with van der Waals surface area (Å²) in [6.07, 6.45) is 2.43. The van der Waals surface area contributed by atoms with Crippen molar-refractivity contribution in [1.29, 1.82) is 0 Å². The average Bonchev–Trinajstić information content (AvgIpc) is 2.37. The Labute approximate surface area is 116 Å². The molecule has 5 nitrogen and oxygen atoms in total. The molecule has 0 aromatic rings. The van der Waals surface area contributed by atoms with Crippen molar-refractivity contribution < 1.29 is 17.9 Å². The highest BCUT2D eigenvalue weighted by Gasteiger charge is 2.27. The quantitative estimate of drug-likeness (QED) is 0.657. The molecule has 1 rings (SSSR count). The van der Waals surface area contributed by atoms with Gasteiger partial charge >= 0.3 is 5.97 Å². The second-order valence-electron chi connectivity index (χ2n) is 5.04. The van der Waals surface area contributed by atoms with Crippen LogP contribution in [0.4, 0.5) is 0 Å². The third-order valence-electron chi connectivity index (χ3n) is 3.36. The fourth-order valence-corrected chi connectivity index (χ4v) is 3.75. The normalized spacial score (nSPS) is 21.3. The van der Waals surface area contributed by atoms with E-state index in [1.807, 2.05) is 6.92 Å². The zero-order valence-electron chi connectivity index (χ0n) is 11.9. The Morgan fingerprint density at radius 3 is 2.68 bits per heavy atom.